The van der Waals surface area contributed by atoms with Crippen molar-refractivity contribution >= 4 is 11.8 Å². The molecule has 4 heteroatoms. The van der Waals surface area contributed by atoms with E-state index < -0.39 is 0 Å². The second-order valence-corrected chi connectivity index (χ2v) is 6.60. The molecule has 0 saturated heterocycles. The molecule has 0 radical (unpaired) electrons. The van der Waals surface area contributed by atoms with Crippen LogP contribution >= 0.6 is 0 Å². The first-order valence-corrected chi connectivity index (χ1v) is 9.15. The summed E-state index contributed by atoms with van der Waals surface area (Å²) in [4.78, 5) is 11.8. The van der Waals surface area contributed by atoms with Gasteiger partial charge in [-0.3, -0.25) is 0 Å². The molecule has 0 amide bonds. The van der Waals surface area contributed by atoms with Crippen molar-refractivity contribution in [2.75, 3.05) is 16.8 Å². The maximum atomic E-state index is 4.85. The molecule has 0 aliphatic rings. The zero-order chi connectivity index (χ0) is 18.4. The molecule has 26 heavy (non-hydrogen) atoms. The van der Waals surface area contributed by atoms with Gasteiger partial charge in [0.05, 0.1) is 5.69 Å². The lowest BCUT2D eigenvalue weighted by atomic mass is 10.1. The van der Waals surface area contributed by atoms with Crippen LogP contribution in [0.5, 0.6) is 0 Å². The molecule has 1 aromatic heterocycles. The van der Waals surface area contributed by atoms with Crippen LogP contribution in [-0.2, 0) is 6.54 Å². The van der Waals surface area contributed by atoms with Crippen molar-refractivity contribution in [2.24, 2.45) is 0 Å². The summed E-state index contributed by atoms with van der Waals surface area (Å²) in [5.74, 6) is 1.61. The van der Waals surface area contributed by atoms with Crippen LogP contribution < -0.4 is 10.2 Å². The van der Waals surface area contributed by atoms with Crippen LogP contribution in [0.2, 0.25) is 0 Å². The van der Waals surface area contributed by atoms with Crippen LogP contribution in [0.3, 0.4) is 0 Å². The predicted octanol–water partition coefficient (Wildman–Crippen LogP) is 4.99. The fourth-order valence-electron chi connectivity index (χ4n) is 2.83. The molecular weight excluding hydrogens is 320 g/mol. The molecule has 1 heterocycles. The second kappa shape index (κ2) is 8.48. The van der Waals surface area contributed by atoms with Crippen LogP contribution in [0, 0.1) is 0 Å². The number of nitrogens with one attached hydrogen (secondary N) is 1. The zero-order valence-electron chi connectivity index (χ0n) is 15.7. The van der Waals surface area contributed by atoms with E-state index in [1.165, 1.54) is 5.56 Å². The van der Waals surface area contributed by atoms with Gasteiger partial charge in [0, 0.05) is 30.8 Å². The quantitative estimate of drug-likeness (QED) is 0.654. The topological polar surface area (TPSA) is 41.1 Å². The van der Waals surface area contributed by atoms with E-state index >= 15 is 0 Å². The van der Waals surface area contributed by atoms with Crippen molar-refractivity contribution in [3.05, 3.63) is 72.3 Å². The van der Waals surface area contributed by atoms with Crippen molar-refractivity contribution in [2.45, 2.75) is 33.4 Å². The van der Waals surface area contributed by atoms with Crippen molar-refractivity contribution in [1.29, 1.82) is 0 Å². The molecule has 0 bridgehead atoms. The Bertz CT molecular complexity index is 816. The Morgan fingerprint density at radius 2 is 1.58 bits per heavy atom. The highest BCUT2D eigenvalue weighted by Crippen LogP contribution is 2.24. The third kappa shape index (κ3) is 4.60. The largest absolute Gasteiger partial charge is 0.368 e. The minimum atomic E-state index is 0.311. The normalized spacial score (nSPS) is 10.8. The highest BCUT2D eigenvalue weighted by Gasteiger charge is 2.13. The van der Waals surface area contributed by atoms with Crippen molar-refractivity contribution in [3.8, 4) is 11.3 Å². The summed E-state index contributed by atoms with van der Waals surface area (Å²) in [6, 6.07) is 23.0. The van der Waals surface area contributed by atoms with E-state index in [1.807, 2.05) is 30.3 Å². The molecule has 0 spiro atoms. The number of benzene rings is 2. The average molecular weight is 346 g/mol. The van der Waals surface area contributed by atoms with Gasteiger partial charge < -0.3 is 10.2 Å². The minimum Gasteiger partial charge on any atom is -0.368 e. The molecule has 0 atom stereocenters. The second-order valence-electron chi connectivity index (χ2n) is 6.60. The molecule has 0 saturated carbocycles. The standard InChI is InChI=1S/C22H26N4/c1-4-26(16-18-11-7-5-8-12-18)22-24-20(19-13-9-6-10-14-19)15-21(25-22)23-17(2)3/h5-15,17H,4,16H2,1-3H3,(H,23,24,25). The van der Waals surface area contributed by atoms with E-state index in [2.05, 4.69) is 67.4 Å². The smallest absolute Gasteiger partial charge is 0.228 e. The summed E-state index contributed by atoms with van der Waals surface area (Å²) in [6.45, 7) is 8.00. The number of anilines is 2. The lowest BCUT2D eigenvalue weighted by Crippen LogP contribution is -2.25. The third-order valence-corrected chi connectivity index (χ3v) is 4.10. The number of hydrogen-bond acceptors (Lipinski definition) is 4. The lowest BCUT2D eigenvalue weighted by Gasteiger charge is -2.23. The molecule has 0 aliphatic heterocycles. The average Bonchev–Trinajstić information content (AvgIpc) is 2.67. The van der Waals surface area contributed by atoms with Crippen LogP contribution in [-0.4, -0.2) is 22.6 Å². The maximum Gasteiger partial charge on any atom is 0.228 e. The van der Waals surface area contributed by atoms with Gasteiger partial charge in [0.15, 0.2) is 0 Å². The third-order valence-electron chi connectivity index (χ3n) is 4.10. The molecule has 3 aromatic rings. The summed E-state index contributed by atoms with van der Waals surface area (Å²) in [5, 5.41) is 3.42. The van der Waals surface area contributed by atoms with Gasteiger partial charge >= 0.3 is 0 Å². The van der Waals surface area contributed by atoms with Gasteiger partial charge in [-0.2, -0.15) is 4.98 Å². The number of rotatable bonds is 7. The van der Waals surface area contributed by atoms with Gasteiger partial charge in [-0.15, -0.1) is 0 Å². The Labute approximate surface area is 155 Å². The van der Waals surface area contributed by atoms with Gasteiger partial charge in [-0.25, -0.2) is 4.98 Å². The van der Waals surface area contributed by atoms with E-state index in [0.29, 0.717) is 6.04 Å². The van der Waals surface area contributed by atoms with E-state index in [4.69, 9.17) is 9.97 Å². The van der Waals surface area contributed by atoms with Crippen molar-refractivity contribution in [3.63, 3.8) is 0 Å². The molecule has 0 aliphatic carbocycles. The number of aromatic nitrogens is 2. The fourth-order valence-corrected chi connectivity index (χ4v) is 2.83. The molecular formula is C22H26N4. The first-order valence-electron chi connectivity index (χ1n) is 9.15. The number of nitrogens with zero attached hydrogens (tertiary/aromatic N) is 3. The monoisotopic (exact) mass is 346 g/mol. The Morgan fingerprint density at radius 1 is 0.923 bits per heavy atom. The summed E-state index contributed by atoms with van der Waals surface area (Å²) in [6.07, 6.45) is 0. The van der Waals surface area contributed by atoms with Gasteiger partial charge in [-0.1, -0.05) is 60.7 Å². The van der Waals surface area contributed by atoms with Gasteiger partial charge in [0.25, 0.3) is 0 Å². The summed E-state index contributed by atoms with van der Waals surface area (Å²) in [7, 11) is 0. The zero-order valence-corrected chi connectivity index (χ0v) is 15.7. The van der Waals surface area contributed by atoms with E-state index in [-0.39, 0.29) is 0 Å². The van der Waals surface area contributed by atoms with Gasteiger partial charge in [0.1, 0.15) is 5.82 Å². The summed E-state index contributed by atoms with van der Waals surface area (Å²) in [5.41, 5.74) is 3.28. The Kier molecular flexibility index (Phi) is 5.84. The van der Waals surface area contributed by atoms with Gasteiger partial charge in [-0.05, 0) is 26.3 Å². The van der Waals surface area contributed by atoms with Crippen LogP contribution in [0.4, 0.5) is 11.8 Å². The van der Waals surface area contributed by atoms with Crippen molar-refractivity contribution in [1.82, 2.24) is 9.97 Å². The molecule has 134 valence electrons. The Morgan fingerprint density at radius 3 is 2.19 bits per heavy atom. The first-order chi connectivity index (χ1) is 12.7. The predicted molar refractivity (Wildman–Crippen MR) is 109 cm³/mol. The maximum absolute atomic E-state index is 4.85. The van der Waals surface area contributed by atoms with Gasteiger partial charge in [0.2, 0.25) is 5.95 Å². The Hall–Kier alpha value is -2.88. The summed E-state index contributed by atoms with van der Waals surface area (Å²) < 4.78 is 0. The van der Waals surface area contributed by atoms with Crippen LogP contribution in [0.15, 0.2) is 66.7 Å². The van der Waals surface area contributed by atoms with Crippen LogP contribution in [0.25, 0.3) is 11.3 Å². The molecule has 2 aromatic carbocycles. The van der Waals surface area contributed by atoms with E-state index in [1.54, 1.807) is 0 Å². The molecule has 0 fully saturated rings. The van der Waals surface area contributed by atoms with Crippen LogP contribution in [0.1, 0.15) is 26.3 Å². The number of hydrogen-bond donors (Lipinski definition) is 1. The lowest BCUT2D eigenvalue weighted by molar-refractivity contribution is 0.789. The summed E-state index contributed by atoms with van der Waals surface area (Å²) >= 11 is 0. The Balaban J connectivity index is 1.98. The highest BCUT2D eigenvalue weighted by atomic mass is 15.3. The molecule has 4 nitrogen and oxygen atoms in total. The first kappa shape index (κ1) is 17.9. The fraction of sp³-hybridized carbons (Fsp3) is 0.273. The van der Waals surface area contributed by atoms with E-state index in [0.717, 1.165) is 36.1 Å². The molecule has 3 rings (SSSR count). The van der Waals surface area contributed by atoms with Crippen molar-refractivity contribution < 1.29 is 0 Å². The SMILES string of the molecule is CCN(Cc1ccccc1)c1nc(NC(C)C)cc(-c2ccccc2)n1. The molecule has 0 unspecified atom stereocenters. The van der Waals surface area contributed by atoms with E-state index in [9.17, 15) is 0 Å². The minimum absolute atomic E-state index is 0.311. The highest BCUT2D eigenvalue weighted by molar-refractivity contribution is 5.64. The molecule has 1 N–H and O–H groups in total.